The van der Waals surface area contributed by atoms with E-state index in [9.17, 15) is 4.79 Å². The molecule has 2 rings (SSSR count). The fourth-order valence-electron chi connectivity index (χ4n) is 2.70. The van der Waals surface area contributed by atoms with Crippen LogP contribution in [0.5, 0.6) is 0 Å². The molecular formula is C22H33IN4OS. The van der Waals surface area contributed by atoms with Crippen LogP contribution in [0.15, 0.2) is 46.8 Å². The van der Waals surface area contributed by atoms with Gasteiger partial charge >= 0.3 is 0 Å². The third kappa shape index (κ3) is 9.16. The number of halogens is 1. The van der Waals surface area contributed by atoms with Gasteiger partial charge in [-0.25, -0.2) is 0 Å². The van der Waals surface area contributed by atoms with Crippen molar-refractivity contribution in [2.45, 2.75) is 46.2 Å². The predicted octanol–water partition coefficient (Wildman–Crippen LogP) is 4.44. The highest BCUT2D eigenvalue weighted by Gasteiger charge is 2.09. The molecule has 0 aliphatic carbocycles. The SMILES string of the molecule is CCC(C)NC(=O)c1ccc(CNC(=NC)NCC(C)Cc2cccs2)cc1.I. The molecule has 160 valence electrons. The standard InChI is InChI=1S/C22H32N4OS.HI/c1-5-17(3)26-21(27)19-10-8-18(9-11-19)15-25-22(23-4)24-14-16(2)13-20-7-6-12-28-20;/h6-12,16-17H,5,13-15H2,1-4H3,(H,26,27)(H2,23,24,25);1H. The Bertz CT molecular complexity index is 747. The molecule has 7 heteroatoms. The number of nitrogens with one attached hydrogen (secondary N) is 3. The highest BCUT2D eigenvalue weighted by atomic mass is 127. The first kappa shape index (κ1) is 25.4. The molecule has 1 amide bonds. The number of guanidine groups is 1. The Morgan fingerprint density at radius 1 is 1.14 bits per heavy atom. The third-order valence-electron chi connectivity index (χ3n) is 4.64. The molecule has 1 heterocycles. The van der Waals surface area contributed by atoms with Crippen LogP contribution < -0.4 is 16.0 Å². The summed E-state index contributed by atoms with van der Waals surface area (Å²) < 4.78 is 0. The zero-order valence-corrected chi connectivity index (χ0v) is 20.8. The van der Waals surface area contributed by atoms with E-state index in [-0.39, 0.29) is 35.9 Å². The van der Waals surface area contributed by atoms with Gasteiger partial charge in [0.05, 0.1) is 0 Å². The summed E-state index contributed by atoms with van der Waals surface area (Å²) in [6, 6.07) is 12.2. The third-order valence-corrected chi connectivity index (χ3v) is 5.54. The first-order valence-corrected chi connectivity index (χ1v) is 10.8. The van der Waals surface area contributed by atoms with Crippen molar-refractivity contribution in [1.29, 1.82) is 0 Å². The molecule has 2 unspecified atom stereocenters. The van der Waals surface area contributed by atoms with Crippen molar-refractivity contribution in [1.82, 2.24) is 16.0 Å². The van der Waals surface area contributed by atoms with Crippen LogP contribution >= 0.6 is 35.3 Å². The minimum Gasteiger partial charge on any atom is -0.356 e. The summed E-state index contributed by atoms with van der Waals surface area (Å²) >= 11 is 1.80. The van der Waals surface area contributed by atoms with Gasteiger partial charge in [0.15, 0.2) is 5.96 Å². The van der Waals surface area contributed by atoms with Gasteiger partial charge in [-0.2, -0.15) is 0 Å². The van der Waals surface area contributed by atoms with E-state index in [0.717, 1.165) is 30.9 Å². The Labute approximate surface area is 195 Å². The molecule has 2 atom stereocenters. The molecule has 1 aromatic carbocycles. The summed E-state index contributed by atoms with van der Waals surface area (Å²) in [5, 5.41) is 11.8. The largest absolute Gasteiger partial charge is 0.356 e. The number of carbonyl (C=O) groups excluding carboxylic acids is 1. The Kier molecular flexibility index (Phi) is 11.9. The van der Waals surface area contributed by atoms with Gasteiger partial charge in [-0.05, 0) is 54.8 Å². The normalized spacial score (nSPS) is 13.2. The van der Waals surface area contributed by atoms with Gasteiger partial charge in [-0.15, -0.1) is 35.3 Å². The Balaban J connectivity index is 0.00000420. The minimum atomic E-state index is -0.0222. The zero-order chi connectivity index (χ0) is 20.4. The number of amides is 1. The lowest BCUT2D eigenvalue weighted by molar-refractivity contribution is 0.0939. The van der Waals surface area contributed by atoms with Gasteiger partial charge in [0.2, 0.25) is 0 Å². The molecular weight excluding hydrogens is 495 g/mol. The molecule has 3 N–H and O–H groups in total. The second-order valence-electron chi connectivity index (χ2n) is 7.18. The van der Waals surface area contributed by atoms with Crippen molar-refractivity contribution in [3.8, 4) is 0 Å². The number of benzene rings is 1. The average Bonchev–Trinajstić information content (AvgIpc) is 3.21. The quantitative estimate of drug-likeness (QED) is 0.256. The van der Waals surface area contributed by atoms with E-state index in [1.807, 2.05) is 31.2 Å². The highest BCUT2D eigenvalue weighted by Crippen LogP contribution is 2.13. The Morgan fingerprint density at radius 3 is 2.45 bits per heavy atom. The molecule has 1 aromatic heterocycles. The van der Waals surface area contributed by atoms with Crippen molar-refractivity contribution >= 4 is 47.2 Å². The van der Waals surface area contributed by atoms with E-state index in [2.05, 4.69) is 52.3 Å². The lowest BCUT2D eigenvalue weighted by Gasteiger charge is -2.16. The van der Waals surface area contributed by atoms with Crippen LogP contribution in [0.25, 0.3) is 0 Å². The van der Waals surface area contributed by atoms with Crippen LogP contribution in [0.1, 0.15) is 48.0 Å². The number of nitrogens with zero attached hydrogens (tertiary/aromatic N) is 1. The van der Waals surface area contributed by atoms with Crippen molar-refractivity contribution in [3.63, 3.8) is 0 Å². The second-order valence-corrected chi connectivity index (χ2v) is 8.21. The van der Waals surface area contributed by atoms with E-state index in [4.69, 9.17) is 0 Å². The van der Waals surface area contributed by atoms with E-state index in [0.29, 0.717) is 18.0 Å². The molecule has 2 aromatic rings. The zero-order valence-electron chi connectivity index (χ0n) is 17.7. The van der Waals surface area contributed by atoms with Crippen LogP contribution in [-0.4, -0.2) is 31.5 Å². The van der Waals surface area contributed by atoms with Gasteiger partial charge in [0.25, 0.3) is 5.91 Å². The van der Waals surface area contributed by atoms with Gasteiger partial charge < -0.3 is 16.0 Å². The summed E-state index contributed by atoms with van der Waals surface area (Å²) in [5.74, 6) is 1.29. The molecule has 0 bridgehead atoms. The minimum absolute atomic E-state index is 0. The molecule has 29 heavy (non-hydrogen) atoms. The van der Waals surface area contributed by atoms with Gasteiger partial charge in [0.1, 0.15) is 0 Å². The lowest BCUT2D eigenvalue weighted by Crippen LogP contribution is -2.39. The van der Waals surface area contributed by atoms with Crippen molar-refractivity contribution in [3.05, 3.63) is 57.8 Å². The summed E-state index contributed by atoms with van der Waals surface area (Å²) in [7, 11) is 1.78. The first-order valence-electron chi connectivity index (χ1n) is 9.88. The second kappa shape index (κ2) is 13.6. The Morgan fingerprint density at radius 2 is 1.86 bits per heavy atom. The summed E-state index contributed by atoms with van der Waals surface area (Å²) in [6.07, 6.45) is 1.99. The van der Waals surface area contributed by atoms with E-state index in [1.54, 1.807) is 18.4 Å². The topological polar surface area (TPSA) is 65.5 Å². The van der Waals surface area contributed by atoms with Crippen molar-refractivity contribution < 1.29 is 4.79 Å². The number of hydrogen-bond donors (Lipinski definition) is 3. The maximum absolute atomic E-state index is 12.1. The molecule has 0 saturated carbocycles. The smallest absolute Gasteiger partial charge is 0.251 e. The van der Waals surface area contributed by atoms with Gasteiger partial charge in [-0.1, -0.05) is 32.0 Å². The molecule has 0 aliphatic heterocycles. The molecule has 0 saturated heterocycles. The van der Waals surface area contributed by atoms with Crippen LogP contribution in [0.2, 0.25) is 0 Å². The van der Waals surface area contributed by atoms with Gasteiger partial charge in [0, 0.05) is 36.6 Å². The fraction of sp³-hybridized carbons (Fsp3) is 0.455. The number of carbonyl (C=O) groups is 1. The molecule has 0 aliphatic rings. The monoisotopic (exact) mass is 528 g/mol. The maximum atomic E-state index is 12.1. The predicted molar refractivity (Wildman–Crippen MR) is 134 cm³/mol. The molecule has 5 nitrogen and oxygen atoms in total. The summed E-state index contributed by atoms with van der Waals surface area (Å²) in [4.78, 5) is 17.8. The number of aliphatic imine (C=N–C) groups is 1. The van der Waals surface area contributed by atoms with Gasteiger partial charge in [-0.3, -0.25) is 9.79 Å². The highest BCUT2D eigenvalue weighted by molar-refractivity contribution is 14.0. The van der Waals surface area contributed by atoms with E-state index >= 15 is 0 Å². The van der Waals surface area contributed by atoms with Crippen LogP contribution in [0, 0.1) is 5.92 Å². The fourth-order valence-corrected chi connectivity index (χ4v) is 3.57. The van der Waals surface area contributed by atoms with E-state index < -0.39 is 0 Å². The van der Waals surface area contributed by atoms with Crippen molar-refractivity contribution in [2.24, 2.45) is 10.9 Å². The first-order chi connectivity index (χ1) is 13.5. The molecule has 0 fully saturated rings. The van der Waals surface area contributed by atoms with Crippen LogP contribution in [0.3, 0.4) is 0 Å². The lowest BCUT2D eigenvalue weighted by atomic mass is 10.1. The van der Waals surface area contributed by atoms with E-state index in [1.165, 1.54) is 4.88 Å². The number of rotatable bonds is 9. The summed E-state index contributed by atoms with van der Waals surface area (Å²) in [5.41, 5.74) is 1.80. The average molecular weight is 529 g/mol. The number of thiophene rings is 1. The Hall–Kier alpha value is -1.61. The maximum Gasteiger partial charge on any atom is 0.251 e. The number of hydrogen-bond acceptors (Lipinski definition) is 3. The van der Waals surface area contributed by atoms with Crippen LogP contribution in [-0.2, 0) is 13.0 Å². The molecule has 0 spiro atoms. The van der Waals surface area contributed by atoms with Crippen molar-refractivity contribution in [2.75, 3.05) is 13.6 Å². The van der Waals surface area contributed by atoms with Crippen LogP contribution in [0.4, 0.5) is 0 Å². The molecule has 0 radical (unpaired) electrons. The summed E-state index contributed by atoms with van der Waals surface area (Å²) in [6.45, 7) is 7.83.